The van der Waals surface area contributed by atoms with Gasteiger partial charge >= 0.3 is 0 Å². The molecule has 1 unspecified atom stereocenters. The molecule has 0 spiro atoms. The van der Waals surface area contributed by atoms with Crippen LogP contribution in [0.1, 0.15) is 24.9 Å². The highest BCUT2D eigenvalue weighted by molar-refractivity contribution is 6.35. The molecular formula is C13H19Cl3N2O. The normalized spacial score (nSPS) is 11.6. The lowest BCUT2D eigenvalue weighted by molar-refractivity contribution is -0.131. The molecule has 6 heteroatoms. The van der Waals surface area contributed by atoms with Gasteiger partial charge in [0.1, 0.15) is 0 Å². The van der Waals surface area contributed by atoms with E-state index >= 15 is 0 Å². The molecule has 0 bridgehead atoms. The molecule has 19 heavy (non-hydrogen) atoms. The van der Waals surface area contributed by atoms with E-state index in [9.17, 15) is 4.79 Å². The topological polar surface area (TPSA) is 32.3 Å². The van der Waals surface area contributed by atoms with Gasteiger partial charge in [0.15, 0.2) is 0 Å². The fourth-order valence-electron chi connectivity index (χ4n) is 1.67. The molecule has 1 aromatic carbocycles. The van der Waals surface area contributed by atoms with Crippen LogP contribution in [0, 0.1) is 0 Å². The lowest BCUT2D eigenvalue weighted by Gasteiger charge is -2.26. The van der Waals surface area contributed by atoms with Gasteiger partial charge in [0.2, 0.25) is 5.91 Å². The number of hydrogen-bond donors (Lipinski definition) is 1. The Labute approximate surface area is 130 Å². The van der Waals surface area contributed by atoms with Crippen molar-refractivity contribution in [2.45, 2.75) is 19.4 Å². The highest BCUT2D eigenvalue weighted by Gasteiger charge is 2.19. The van der Waals surface area contributed by atoms with Crippen LogP contribution < -0.4 is 5.32 Å². The third-order valence-electron chi connectivity index (χ3n) is 2.98. The summed E-state index contributed by atoms with van der Waals surface area (Å²) in [6, 6.07) is 5.27. The second kappa shape index (κ2) is 8.64. The highest BCUT2D eigenvalue weighted by Crippen LogP contribution is 2.29. The first-order valence-electron chi connectivity index (χ1n) is 5.82. The summed E-state index contributed by atoms with van der Waals surface area (Å²) in [6.45, 7) is 2.62. The molecule has 0 aliphatic heterocycles. The predicted octanol–water partition coefficient (Wildman–Crippen LogP) is 3.54. The molecule has 0 aliphatic carbocycles. The van der Waals surface area contributed by atoms with Crippen molar-refractivity contribution in [3.63, 3.8) is 0 Å². The fraction of sp³-hybridized carbons (Fsp3) is 0.462. The molecule has 0 saturated carbocycles. The van der Waals surface area contributed by atoms with Crippen LogP contribution in [-0.4, -0.2) is 31.4 Å². The van der Waals surface area contributed by atoms with Crippen molar-refractivity contribution >= 4 is 41.5 Å². The maximum atomic E-state index is 11.9. The van der Waals surface area contributed by atoms with E-state index in [0.29, 0.717) is 23.0 Å². The fourth-order valence-corrected chi connectivity index (χ4v) is 2.24. The zero-order chi connectivity index (χ0) is 13.7. The lowest BCUT2D eigenvalue weighted by Crippen LogP contribution is -2.31. The van der Waals surface area contributed by atoms with Crippen molar-refractivity contribution in [1.29, 1.82) is 0 Å². The standard InChI is InChI=1S/C13H18Cl2N2O.ClH/c1-9(17(3)13(18)6-7-16-2)11-5-4-10(14)8-12(11)15;/h4-5,8-9,16H,6-7H2,1-3H3;1H. The first kappa shape index (κ1) is 18.5. The summed E-state index contributed by atoms with van der Waals surface area (Å²) in [4.78, 5) is 13.6. The third kappa shape index (κ3) is 5.19. The van der Waals surface area contributed by atoms with Crippen molar-refractivity contribution in [3.8, 4) is 0 Å². The molecule has 0 saturated heterocycles. The van der Waals surface area contributed by atoms with Crippen molar-refractivity contribution in [1.82, 2.24) is 10.2 Å². The van der Waals surface area contributed by atoms with Crippen LogP contribution in [0.3, 0.4) is 0 Å². The van der Waals surface area contributed by atoms with E-state index in [-0.39, 0.29) is 24.4 Å². The maximum Gasteiger partial charge on any atom is 0.224 e. The van der Waals surface area contributed by atoms with Crippen LogP contribution in [0.25, 0.3) is 0 Å². The molecule has 1 rings (SSSR count). The Bertz CT molecular complexity index is 426. The van der Waals surface area contributed by atoms with Gasteiger partial charge in [-0.3, -0.25) is 4.79 Å². The number of benzene rings is 1. The van der Waals surface area contributed by atoms with Crippen LogP contribution in [0.2, 0.25) is 10.0 Å². The molecule has 1 atom stereocenters. The van der Waals surface area contributed by atoms with E-state index in [1.807, 2.05) is 20.0 Å². The van der Waals surface area contributed by atoms with Gasteiger partial charge in [-0.15, -0.1) is 12.4 Å². The predicted molar refractivity (Wildman–Crippen MR) is 83.4 cm³/mol. The Morgan fingerprint density at radius 3 is 2.58 bits per heavy atom. The molecule has 108 valence electrons. The number of amides is 1. The summed E-state index contributed by atoms with van der Waals surface area (Å²) in [5, 5.41) is 4.14. The first-order chi connectivity index (χ1) is 8.47. The second-order valence-corrected chi connectivity index (χ2v) is 5.04. The van der Waals surface area contributed by atoms with Gasteiger partial charge in [-0.25, -0.2) is 0 Å². The van der Waals surface area contributed by atoms with Crippen LogP contribution >= 0.6 is 35.6 Å². The summed E-state index contributed by atoms with van der Waals surface area (Å²) >= 11 is 12.0. The summed E-state index contributed by atoms with van der Waals surface area (Å²) in [7, 11) is 3.61. The Hall–Kier alpha value is -0.480. The lowest BCUT2D eigenvalue weighted by atomic mass is 10.1. The average molecular weight is 326 g/mol. The molecule has 1 amide bonds. The molecule has 0 radical (unpaired) electrons. The van der Waals surface area contributed by atoms with E-state index in [1.165, 1.54) is 0 Å². The average Bonchev–Trinajstić information content (AvgIpc) is 2.34. The van der Waals surface area contributed by atoms with Crippen molar-refractivity contribution in [2.24, 2.45) is 0 Å². The summed E-state index contributed by atoms with van der Waals surface area (Å²) in [6.07, 6.45) is 0.475. The number of nitrogens with one attached hydrogen (secondary N) is 1. The Morgan fingerprint density at radius 1 is 1.42 bits per heavy atom. The van der Waals surface area contributed by atoms with Crippen LogP contribution in [0.15, 0.2) is 18.2 Å². The molecule has 3 nitrogen and oxygen atoms in total. The van der Waals surface area contributed by atoms with Gasteiger partial charge < -0.3 is 10.2 Å². The number of rotatable bonds is 5. The van der Waals surface area contributed by atoms with Crippen LogP contribution in [-0.2, 0) is 4.79 Å². The van der Waals surface area contributed by atoms with E-state index < -0.39 is 0 Å². The highest BCUT2D eigenvalue weighted by atomic mass is 35.5. The largest absolute Gasteiger partial charge is 0.339 e. The van der Waals surface area contributed by atoms with Crippen LogP contribution in [0.4, 0.5) is 0 Å². The summed E-state index contributed by atoms with van der Waals surface area (Å²) in [5.41, 5.74) is 0.904. The van der Waals surface area contributed by atoms with Gasteiger partial charge in [0.05, 0.1) is 6.04 Å². The minimum Gasteiger partial charge on any atom is -0.339 e. The molecule has 1 aromatic rings. The van der Waals surface area contributed by atoms with E-state index in [0.717, 1.165) is 5.56 Å². The van der Waals surface area contributed by atoms with Gasteiger partial charge in [-0.1, -0.05) is 29.3 Å². The molecular weight excluding hydrogens is 307 g/mol. The monoisotopic (exact) mass is 324 g/mol. The second-order valence-electron chi connectivity index (χ2n) is 4.20. The Balaban J connectivity index is 0.00000324. The quantitative estimate of drug-likeness (QED) is 0.898. The third-order valence-corrected chi connectivity index (χ3v) is 3.54. The zero-order valence-corrected chi connectivity index (χ0v) is 13.6. The number of nitrogens with zero attached hydrogens (tertiary/aromatic N) is 1. The Kier molecular flexibility index (Phi) is 8.42. The molecule has 0 heterocycles. The smallest absolute Gasteiger partial charge is 0.224 e. The molecule has 0 fully saturated rings. The van der Waals surface area contributed by atoms with E-state index in [2.05, 4.69) is 5.32 Å². The van der Waals surface area contributed by atoms with E-state index in [1.54, 1.807) is 24.1 Å². The maximum absolute atomic E-state index is 11.9. The summed E-state index contributed by atoms with van der Waals surface area (Å²) in [5.74, 6) is 0.0860. The summed E-state index contributed by atoms with van der Waals surface area (Å²) < 4.78 is 0. The SMILES string of the molecule is CNCCC(=O)N(C)C(C)c1ccc(Cl)cc1Cl.Cl. The van der Waals surface area contributed by atoms with Crippen LogP contribution in [0.5, 0.6) is 0 Å². The minimum atomic E-state index is -0.0703. The zero-order valence-electron chi connectivity index (χ0n) is 11.2. The first-order valence-corrected chi connectivity index (χ1v) is 6.58. The van der Waals surface area contributed by atoms with Crippen molar-refractivity contribution in [2.75, 3.05) is 20.6 Å². The number of hydrogen-bond acceptors (Lipinski definition) is 2. The molecule has 0 aromatic heterocycles. The Morgan fingerprint density at radius 2 is 2.05 bits per heavy atom. The number of halogens is 3. The number of carbonyl (C=O) groups excluding carboxylic acids is 1. The van der Waals surface area contributed by atoms with Crippen molar-refractivity contribution in [3.05, 3.63) is 33.8 Å². The van der Waals surface area contributed by atoms with E-state index in [4.69, 9.17) is 23.2 Å². The van der Waals surface area contributed by atoms with Gasteiger partial charge in [0.25, 0.3) is 0 Å². The minimum absolute atomic E-state index is 0. The van der Waals surface area contributed by atoms with Gasteiger partial charge in [-0.05, 0) is 31.7 Å². The van der Waals surface area contributed by atoms with Gasteiger partial charge in [0, 0.05) is 30.1 Å². The van der Waals surface area contributed by atoms with Crippen molar-refractivity contribution < 1.29 is 4.79 Å². The number of carbonyl (C=O) groups is 1. The molecule has 1 N–H and O–H groups in total. The molecule has 0 aliphatic rings. The van der Waals surface area contributed by atoms with Gasteiger partial charge in [-0.2, -0.15) is 0 Å².